The predicted octanol–water partition coefficient (Wildman–Crippen LogP) is 6.36. The average Bonchev–Trinajstić information content (AvgIpc) is 3.07. The Morgan fingerprint density at radius 3 is 2.56 bits per heavy atom. The number of benzene rings is 3. The first kappa shape index (κ1) is 17.6. The summed E-state index contributed by atoms with van der Waals surface area (Å²) >= 11 is 12.0. The lowest BCUT2D eigenvalue weighted by molar-refractivity contribution is 0.102. The van der Waals surface area contributed by atoms with Crippen LogP contribution < -0.4 is 5.32 Å². The minimum atomic E-state index is -0.326. The second-order valence-corrected chi connectivity index (χ2v) is 6.99. The molecule has 0 aliphatic rings. The number of aromatic nitrogens is 1. The van der Waals surface area contributed by atoms with Crippen molar-refractivity contribution >= 4 is 45.9 Å². The molecule has 27 heavy (non-hydrogen) atoms. The molecule has 1 aromatic heterocycles. The molecule has 0 atom stereocenters. The molecule has 1 heterocycles. The van der Waals surface area contributed by atoms with Crippen molar-refractivity contribution in [2.75, 3.05) is 5.32 Å². The Hall–Kier alpha value is -2.82. The molecule has 0 fully saturated rings. The lowest BCUT2D eigenvalue weighted by atomic mass is 10.1. The number of hydrogen-bond acceptors (Lipinski definition) is 3. The number of amides is 1. The van der Waals surface area contributed by atoms with Crippen LogP contribution in [0.15, 0.2) is 65.1 Å². The highest BCUT2D eigenvalue weighted by atomic mass is 35.5. The molecule has 0 radical (unpaired) electrons. The van der Waals surface area contributed by atoms with Crippen molar-refractivity contribution in [3.63, 3.8) is 0 Å². The summed E-state index contributed by atoms with van der Waals surface area (Å²) in [5.41, 5.74) is 4.46. The van der Waals surface area contributed by atoms with Crippen LogP contribution in [0.4, 0.5) is 5.69 Å². The first-order chi connectivity index (χ1) is 13.0. The molecule has 0 aliphatic carbocycles. The third-order valence-corrected chi connectivity index (χ3v) is 4.67. The standard InChI is InChI=1S/C21H14Cl2N2O2/c1-12-2-9-19-18(10-12)25-21(27-19)13-3-6-15(7-4-13)24-20(26)16-11-14(22)5-8-17(16)23/h2-11H,1H3,(H,24,26). The van der Waals surface area contributed by atoms with Crippen LogP contribution in [0.1, 0.15) is 15.9 Å². The lowest BCUT2D eigenvalue weighted by Gasteiger charge is -2.07. The summed E-state index contributed by atoms with van der Waals surface area (Å²) in [7, 11) is 0. The summed E-state index contributed by atoms with van der Waals surface area (Å²) < 4.78 is 5.80. The van der Waals surface area contributed by atoms with E-state index < -0.39 is 0 Å². The van der Waals surface area contributed by atoms with Crippen molar-refractivity contribution in [2.45, 2.75) is 6.92 Å². The number of halogens is 2. The van der Waals surface area contributed by atoms with E-state index in [-0.39, 0.29) is 5.91 Å². The fraction of sp³-hybridized carbons (Fsp3) is 0.0476. The zero-order valence-corrected chi connectivity index (χ0v) is 15.8. The maximum absolute atomic E-state index is 12.4. The summed E-state index contributed by atoms with van der Waals surface area (Å²) in [5.74, 6) is 0.207. The molecule has 4 nitrogen and oxygen atoms in total. The minimum absolute atomic E-state index is 0.322. The number of fused-ring (bicyclic) bond motifs is 1. The molecular formula is C21H14Cl2N2O2. The van der Waals surface area contributed by atoms with Gasteiger partial charge >= 0.3 is 0 Å². The largest absolute Gasteiger partial charge is 0.436 e. The first-order valence-electron chi connectivity index (χ1n) is 8.23. The van der Waals surface area contributed by atoms with E-state index in [0.29, 0.717) is 27.2 Å². The maximum atomic E-state index is 12.4. The van der Waals surface area contributed by atoms with E-state index in [4.69, 9.17) is 27.6 Å². The van der Waals surface area contributed by atoms with E-state index in [1.807, 2.05) is 37.3 Å². The fourth-order valence-electron chi connectivity index (χ4n) is 2.73. The number of aryl methyl sites for hydroxylation is 1. The third kappa shape index (κ3) is 3.68. The molecular weight excluding hydrogens is 383 g/mol. The molecule has 0 bridgehead atoms. The van der Waals surface area contributed by atoms with Gasteiger partial charge in [-0.25, -0.2) is 4.98 Å². The van der Waals surface area contributed by atoms with Crippen LogP contribution in [0.3, 0.4) is 0 Å². The Morgan fingerprint density at radius 1 is 1.00 bits per heavy atom. The van der Waals surface area contributed by atoms with Crippen LogP contribution in [0.5, 0.6) is 0 Å². The highest BCUT2D eigenvalue weighted by Crippen LogP contribution is 2.27. The average molecular weight is 397 g/mol. The van der Waals surface area contributed by atoms with Gasteiger partial charge in [-0.1, -0.05) is 29.3 Å². The Bertz CT molecular complexity index is 1150. The molecule has 4 aromatic rings. The summed E-state index contributed by atoms with van der Waals surface area (Å²) in [5, 5.41) is 3.60. The fourth-order valence-corrected chi connectivity index (χ4v) is 3.10. The number of carbonyl (C=O) groups is 1. The van der Waals surface area contributed by atoms with Gasteiger partial charge in [0.25, 0.3) is 5.91 Å². The molecule has 0 unspecified atom stereocenters. The quantitative estimate of drug-likeness (QED) is 0.438. The second kappa shape index (κ2) is 7.06. The smallest absolute Gasteiger partial charge is 0.257 e. The summed E-state index contributed by atoms with van der Waals surface area (Å²) in [4.78, 5) is 16.9. The van der Waals surface area contributed by atoms with Crippen molar-refractivity contribution in [1.29, 1.82) is 0 Å². The Kier molecular flexibility index (Phi) is 4.60. The van der Waals surface area contributed by atoms with E-state index in [2.05, 4.69) is 10.3 Å². The lowest BCUT2D eigenvalue weighted by Crippen LogP contribution is -2.12. The zero-order valence-electron chi connectivity index (χ0n) is 14.3. The summed E-state index contributed by atoms with van der Waals surface area (Å²) in [6.07, 6.45) is 0. The van der Waals surface area contributed by atoms with Crippen molar-refractivity contribution in [1.82, 2.24) is 4.98 Å². The summed E-state index contributed by atoms with van der Waals surface area (Å²) in [6.45, 7) is 2.01. The number of nitrogens with zero attached hydrogens (tertiary/aromatic N) is 1. The van der Waals surface area contributed by atoms with Crippen LogP contribution in [0.25, 0.3) is 22.6 Å². The van der Waals surface area contributed by atoms with Gasteiger partial charge in [0.2, 0.25) is 5.89 Å². The predicted molar refractivity (Wildman–Crippen MR) is 109 cm³/mol. The normalized spacial score (nSPS) is 10.9. The Labute approximate surface area is 165 Å². The van der Waals surface area contributed by atoms with Crippen LogP contribution in [0, 0.1) is 6.92 Å². The molecule has 1 amide bonds. The molecule has 0 saturated heterocycles. The van der Waals surface area contributed by atoms with Crippen LogP contribution in [0.2, 0.25) is 10.0 Å². The molecule has 0 saturated carbocycles. The molecule has 0 spiro atoms. The molecule has 3 aromatic carbocycles. The number of rotatable bonds is 3. The van der Waals surface area contributed by atoms with E-state index in [1.165, 1.54) is 6.07 Å². The molecule has 134 valence electrons. The molecule has 0 aliphatic heterocycles. The van der Waals surface area contributed by atoms with Crippen molar-refractivity contribution < 1.29 is 9.21 Å². The second-order valence-electron chi connectivity index (χ2n) is 6.15. The number of nitrogens with one attached hydrogen (secondary N) is 1. The topological polar surface area (TPSA) is 55.1 Å². The molecule has 1 N–H and O–H groups in total. The van der Waals surface area contributed by atoms with Crippen LogP contribution >= 0.6 is 23.2 Å². The third-order valence-electron chi connectivity index (χ3n) is 4.11. The monoisotopic (exact) mass is 396 g/mol. The van der Waals surface area contributed by atoms with Crippen LogP contribution in [-0.4, -0.2) is 10.9 Å². The summed E-state index contributed by atoms with van der Waals surface area (Å²) in [6, 6.07) is 17.9. The Balaban J connectivity index is 1.56. The number of oxazole rings is 1. The van der Waals surface area contributed by atoms with Gasteiger partial charge in [0.05, 0.1) is 10.6 Å². The highest BCUT2D eigenvalue weighted by molar-refractivity contribution is 6.36. The highest BCUT2D eigenvalue weighted by Gasteiger charge is 2.12. The zero-order chi connectivity index (χ0) is 19.0. The van der Waals surface area contributed by atoms with Gasteiger partial charge in [0.15, 0.2) is 5.58 Å². The van der Waals surface area contributed by atoms with E-state index in [0.717, 1.165) is 22.2 Å². The number of hydrogen-bond donors (Lipinski definition) is 1. The van der Waals surface area contributed by atoms with E-state index >= 15 is 0 Å². The number of anilines is 1. The van der Waals surface area contributed by atoms with Gasteiger partial charge in [-0.2, -0.15) is 0 Å². The van der Waals surface area contributed by atoms with Crippen LogP contribution in [-0.2, 0) is 0 Å². The maximum Gasteiger partial charge on any atom is 0.257 e. The van der Waals surface area contributed by atoms with Gasteiger partial charge in [0, 0.05) is 16.3 Å². The van der Waals surface area contributed by atoms with Crippen molar-refractivity contribution in [2.24, 2.45) is 0 Å². The van der Waals surface area contributed by atoms with Crippen molar-refractivity contribution in [3.8, 4) is 11.5 Å². The van der Waals surface area contributed by atoms with Gasteiger partial charge in [-0.05, 0) is 67.1 Å². The van der Waals surface area contributed by atoms with Gasteiger partial charge < -0.3 is 9.73 Å². The molecule has 4 rings (SSSR count). The van der Waals surface area contributed by atoms with Crippen molar-refractivity contribution in [3.05, 3.63) is 81.8 Å². The first-order valence-corrected chi connectivity index (χ1v) is 8.99. The SMILES string of the molecule is Cc1ccc2oc(-c3ccc(NC(=O)c4cc(Cl)ccc4Cl)cc3)nc2c1. The van der Waals surface area contributed by atoms with Gasteiger partial charge in [0.1, 0.15) is 5.52 Å². The van der Waals surface area contributed by atoms with E-state index in [9.17, 15) is 4.79 Å². The molecule has 6 heteroatoms. The van der Waals surface area contributed by atoms with Gasteiger partial charge in [-0.3, -0.25) is 4.79 Å². The minimum Gasteiger partial charge on any atom is -0.436 e. The van der Waals surface area contributed by atoms with E-state index in [1.54, 1.807) is 24.3 Å². The Morgan fingerprint density at radius 2 is 1.78 bits per heavy atom. The van der Waals surface area contributed by atoms with Gasteiger partial charge in [-0.15, -0.1) is 0 Å². The number of carbonyl (C=O) groups excluding carboxylic acids is 1.